The normalized spacial score (nSPS) is 11.4. The first kappa shape index (κ1) is 14.3. The zero-order valence-electron chi connectivity index (χ0n) is 8.57. The van der Waals surface area contributed by atoms with Gasteiger partial charge in [-0.1, -0.05) is 27.5 Å². The lowest BCUT2D eigenvalue weighted by molar-refractivity contribution is -0.137. The number of benzene rings is 1. The summed E-state index contributed by atoms with van der Waals surface area (Å²) in [7, 11) is 1.14. The Kier molecular flexibility index (Phi) is 4.43. The number of methoxy groups -OCH3 is 1. The third-order valence-corrected chi connectivity index (χ3v) is 2.96. The van der Waals surface area contributed by atoms with Crippen molar-refractivity contribution in [3.63, 3.8) is 0 Å². The van der Waals surface area contributed by atoms with Crippen LogP contribution in [0.25, 0.3) is 0 Å². The number of alkyl halides is 4. The van der Waals surface area contributed by atoms with Crippen molar-refractivity contribution in [2.75, 3.05) is 7.11 Å². The van der Waals surface area contributed by atoms with E-state index in [0.29, 0.717) is 0 Å². The number of esters is 1. The van der Waals surface area contributed by atoms with E-state index in [1.54, 1.807) is 0 Å². The molecule has 0 unspecified atom stereocenters. The molecule has 0 heterocycles. The largest absolute Gasteiger partial charge is 0.465 e. The smallest absolute Gasteiger partial charge is 0.417 e. The van der Waals surface area contributed by atoms with Crippen molar-refractivity contribution < 1.29 is 22.7 Å². The second-order valence-electron chi connectivity index (χ2n) is 3.11. The molecule has 2 nitrogen and oxygen atoms in total. The molecule has 0 N–H and O–H groups in total. The summed E-state index contributed by atoms with van der Waals surface area (Å²) in [6, 6.07) is 1.80. The molecule has 1 aromatic rings. The molecule has 0 amide bonds. The van der Waals surface area contributed by atoms with E-state index in [-0.39, 0.29) is 16.5 Å². The van der Waals surface area contributed by atoms with Gasteiger partial charge in [0.05, 0.1) is 23.3 Å². The summed E-state index contributed by atoms with van der Waals surface area (Å²) in [5.74, 6) is -0.727. The van der Waals surface area contributed by atoms with E-state index in [1.165, 1.54) is 0 Å². The highest BCUT2D eigenvalue weighted by Crippen LogP contribution is 2.36. The predicted molar refractivity (Wildman–Crippen MR) is 60.4 cm³/mol. The second kappa shape index (κ2) is 5.27. The molecule has 1 aromatic carbocycles. The van der Waals surface area contributed by atoms with Crippen LogP contribution in [0.3, 0.4) is 0 Å². The van der Waals surface area contributed by atoms with Gasteiger partial charge in [0, 0.05) is 5.33 Å². The van der Waals surface area contributed by atoms with Gasteiger partial charge in [-0.05, 0) is 17.7 Å². The lowest BCUT2D eigenvalue weighted by atomic mass is 10.0. The fraction of sp³-hybridized carbons (Fsp3) is 0.300. The molecule has 0 saturated carbocycles. The maximum absolute atomic E-state index is 12.6. The number of hydrogen-bond donors (Lipinski definition) is 0. The number of rotatable bonds is 2. The molecule has 94 valence electrons. The van der Waals surface area contributed by atoms with Crippen LogP contribution in [0.5, 0.6) is 0 Å². The standard InChI is InChI=1S/C10H7BrClF3O2/c1-17-9(16)6-3-8(12)7(10(13,14)15)2-5(6)4-11/h2-3H,4H2,1H3. The van der Waals surface area contributed by atoms with Gasteiger partial charge in [-0.15, -0.1) is 0 Å². The van der Waals surface area contributed by atoms with Gasteiger partial charge in [-0.3, -0.25) is 0 Å². The van der Waals surface area contributed by atoms with Crippen molar-refractivity contribution in [1.82, 2.24) is 0 Å². The Hall–Kier alpha value is -0.750. The molecule has 17 heavy (non-hydrogen) atoms. The van der Waals surface area contributed by atoms with Gasteiger partial charge in [0.1, 0.15) is 0 Å². The Morgan fingerprint density at radius 3 is 2.47 bits per heavy atom. The summed E-state index contributed by atoms with van der Waals surface area (Å²) < 4.78 is 42.2. The van der Waals surface area contributed by atoms with Crippen molar-refractivity contribution in [2.45, 2.75) is 11.5 Å². The third-order valence-electron chi connectivity index (χ3n) is 2.05. The third kappa shape index (κ3) is 3.13. The Balaban J connectivity index is 3.40. The van der Waals surface area contributed by atoms with Crippen molar-refractivity contribution in [2.24, 2.45) is 0 Å². The second-order valence-corrected chi connectivity index (χ2v) is 4.08. The minimum absolute atomic E-state index is 0.0161. The van der Waals surface area contributed by atoms with E-state index in [0.717, 1.165) is 19.2 Å². The molecule has 0 radical (unpaired) electrons. The average Bonchev–Trinajstić information content (AvgIpc) is 2.26. The van der Waals surface area contributed by atoms with E-state index < -0.39 is 22.7 Å². The zero-order valence-corrected chi connectivity index (χ0v) is 10.9. The van der Waals surface area contributed by atoms with Crippen LogP contribution in [0.4, 0.5) is 13.2 Å². The molecule has 0 atom stereocenters. The van der Waals surface area contributed by atoms with Gasteiger partial charge in [-0.2, -0.15) is 13.2 Å². The van der Waals surface area contributed by atoms with Gasteiger partial charge < -0.3 is 4.74 Å². The minimum Gasteiger partial charge on any atom is -0.465 e. The predicted octanol–water partition coefficient (Wildman–Crippen LogP) is 4.04. The highest BCUT2D eigenvalue weighted by atomic mass is 79.9. The summed E-state index contributed by atoms with van der Waals surface area (Å²) >= 11 is 8.51. The monoisotopic (exact) mass is 330 g/mol. The van der Waals surface area contributed by atoms with Crippen LogP contribution >= 0.6 is 27.5 Å². The van der Waals surface area contributed by atoms with Crippen LogP contribution < -0.4 is 0 Å². The molecule has 0 bridgehead atoms. The fourth-order valence-electron chi connectivity index (χ4n) is 1.25. The van der Waals surface area contributed by atoms with E-state index in [4.69, 9.17) is 11.6 Å². The number of hydrogen-bond acceptors (Lipinski definition) is 2. The van der Waals surface area contributed by atoms with Gasteiger partial charge >= 0.3 is 12.1 Å². The fourth-order valence-corrected chi connectivity index (χ4v) is 1.98. The Bertz CT molecular complexity index is 446. The van der Waals surface area contributed by atoms with Crippen molar-refractivity contribution in [1.29, 1.82) is 0 Å². The number of halogens is 5. The minimum atomic E-state index is -4.55. The molecular weight excluding hydrogens is 324 g/mol. The Morgan fingerprint density at radius 2 is 2.06 bits per heavy atom. The molecule has 7 heteroatoms. The maximum atomic E-state index is 12.6. The Morgan fingerprint density at radius 1 is 1.47 bits per heavy atom. The van der Waals surface area contributed by atoms with E-state index >= 15 is 0 Å². The van der Waals surface area contributed by atoms with Crippen molar-refractivity contribution in [3.05, 3.63) is 33.8 Å². The molecular formula is C10H7BrClF3O2. The summed E-state index contributed by atoms with van der Waals surface area (Å²) in [6.07, 6.45) is -4.55. The number of ether oxygens (including phenoxy) is 1. The molecule has 1 rings (SSSR count). The summed E-state index contributed by atoms with van der Waals surface area (Å²) in [4.78, 5) is 11.3. The molecule has 0 saturated heterocycles. The summed E-state index contributed by atoms with van der Waals surface area (Å²) in [5, 5.41) is -0.430. The summed E-state index contributed by atoms with van der Waals surface area (Å²) in [6.45, 7) is 0. The first-order valence-corrected chi connectivity index (χ1v) is 5.85. The van der Waals surface area contributed by atoms with E-state index in [1.807, 2.05) is 0 Å². The van der Waals surface area contributed by atoms with Crippen LogP contribution in [-0.2, 0) is 16.2 Å². The van der Waals surface area contributed by atoms with Gasteiger partial charge in [0.25, 0.3) is 0 Å². The molecule has 0 aliphatic heterocycles. The number of carbonyl (C=O) groups is 1. The zero-order chi connectivity index (χ0) is 13.2. The van der Waals surface area contributed by atoms with Crippen LogP contribution in [0, 0.1) is 0 Å². The highest BCUT2D eigenvalue weighted by Gasteiger charge is 2.34. The average molecular weight is 332 g/mol. The van der Waals surface area contributed by atoms with Gasteiger partial charge in [-0.25, -0.2) is 4.79 Å². The SMILES string of the molecule is COC(=O)c1cc(Cl)c(C(F)(F)F)cc1CBr. The Labute approximate surface area is 109 Å². The lowest BCUT2D eigenvalue weighted by Gasteiger charge is -2.13. The van der Waals surface area contributed by atoms with E-state index in [9.17, 15) is 18.0 Å². The van der Waals surface area contributed by atoms with E-state index in [2.05, 4.69) is 20.7 Å². The molecule has 0 aliphatic rings. The van der Waals surface area contributed by atoms with Gasteiger partial charge in [0.15, 0.2) is 0 Å². The maximum Gasteiger partial charge on any atom is 0.417 e. The molecule has 0 fully saturated rings. The van der Waals surface area contributed by atoms with Crippen molar-refractivity contribution in [3.8, 4) is 0 Å². The van der Waals surface area contributed by atoms with Crippen LogP contribution in [0.2, 0.25) is 5.02 Å². The molecule has 0 aliphatic carbocycles. The van der Waals surface area contributed by atoms with Crippen LogP contribution in [0.15, 0.2) is 12.1 Å². The van der Waals surface area contributed by atoms with Gasteiger partial charge in [0.2, 0.25) is 0 Å². The summed E-state index contributed by atoms with van der Waals surface area (Å²) in [5.41, 5.74) is -0.780. The quantitative estimate of drug-likeness (QED) is 0.604. The number of carbonyl (C=O) groups excluding carboxylic acids is 1. The van der Waals surface area contributed by atoms with Crippen LogP contribution in [0.1, 0.15) is 21.5 Å². The first-order valence-electron chi connectivity index (χ1n) is 4.35. The molecule has 0 spiro atoms. The lowest BCUT2D eigenvalue weighted by Crippen LogP contribution is -2.11. The molecule has 0 aromatic heterocycles. The van der Waals surface area contributed by atoms with Crippen molar-refractivity contribution >= 4 is 33.5 Å². The topological polar surface area (TPSA) is 26.3 Å². The highest BCUT2D eigenvalue weighted by molar-refractivity contribution is 9.08. The first-order chi connectivity index (χ1) is 7.81. The van der Waals surface area contributed by atoms with Crippen LogP contribution in [-0.4, -0.2) is 13.1 Å².